The monoisotopic (exact) mass is 264 g/mol. The maximum absolute atomic E-state index is 9.11. The van der Waals surface area contributed by atoms with Crippen LogP contribution < -0.4 is 10.6 Å². The van der Waals surface area contributed by atoms with E-state index in [0.29, 0.717) is 24.5 Å². The zero-order valence-corrected chi connectivity index (χ0v) is 10.9. The normalized spacial score (nSPS) is 13.4. The molecule has 0 fully saturated rings. The van der Waals surface area contributed by atoms with Crippen molar-refractivity contribution in [1.29, 1.82) is 5.41 Å². The smallest absolute Gasteiger partial charge is 0.140 e. The van der Waals surface area contributed by atoms with Gasteiger partial charge in [-0.3, -0.25) is 5.41 Å². The van der Waals surface area contributed by atoms with Crippen molar-refractivity contribution in [3.8, 4) is 0 Å². The third kappa shape index (κ3) is 2.85. The summed E-state index contributed by atoms with van der Waals surface area (Å²) in [7, 11) is 0. The largest absolute Gasteiger partial charge is 0.395 e. The fourth-order valence-corrected chi connectivity index (χ4v) is 2.47. The number of rotatable bonds is 6. The first kappa shape index (κ1) is 13.8. The number of aliphatic hydroxyl groups excluding tert-OH is 2. The van der Waals surface area contributed by atoms with Gasteiger partial charge in [0, 0.05) is 18.8 Å². The Bertz CT molecular complexity index is 470. The van der Waals surface area contributed by atoms with Crippen LogP contribution in [-0.4, -0.2) is 47.3 Å². The Balaban J connectivity index is 2.43. The summed E-state index contributed by atoms with van der Waals surface area (Å²) in [6, 6.07) is 1.93. The standard InChI is InChI=1S/C13H20N4O2/c14-12(15)10-8-9-2-1-3-11(9)16-13(10)17(4-6-18)5-7-19/h8,18-19H,1-7H2,(H3,14,15). The van der Waals surface area contributed by atoms with Crippen molar-refractivity contribution >= 4 is 11.7 Å². The van der Waals surface area contributed by atoms with Gasteiger partial charge >= 0.3 is 0 Å². The van der Waals surface area contributed by atoms with E-state index in [1.165, 1.54) is 0 Å². The number of pyridine rings is 1. The van der Waals surface area contributed by atoms with E-state index in [4.69, 9.17) is 21.4 Å². The van der Waals surface area contributed by atoms with Crippen LogP contribution in [0.15, 0.2) is 6.07 Å². The van der Waals surface area contributed by atoms with Gasteiger partial charge in [0.25, 0.3) is 0 Å². The number of hydrogen-bond acceptors (Lipinski definition) is 5. The van der Waals surface area contributed by atoms with Crippen LogP contribution in [0.3, 0.4) is 0 Å². The average molecular weight is 264 g/mol. The van der Waals surface area contributed by atoms with E-state index in [-0.39, 0.29) is 19.0 Å². The second-order valence-corrected chi connectivity index (χ2v) is 4.67. The Kier molecular flexibility index (Phi) is 4.34. The molecule has 1 aliphatic rings. The van der Waals surface area contributed by atoms with E-state index in [0.717, 1.165) is 30.5 Å². The SMILES string of the molecule is N=C(N)c1cc2c(nc1N(CCO)CCO)CCC2. The molecule has 0 bridgehead atoms. The molecule has 19 heavy (non-hydrogen) atoms. The van der Waals surface area contributed by atoms with Crippen molar-refractivity contribution in [2.75, 3.05) is 31.2 Å². The topological polar surface area (TPSA) is 106 Å². The van der Waals surface area contributed by atoms with Gasteiger partial charge in [-0.2, -0.15) is 0 Å². The second kappa shape index (κ2) is 5.99. The molecule has 0 radical (unpaired) electrons. The highest BCUT2D eigenvalue weighted by Crippen LogP contribution is 2.27. The molecular weight excluding hydrogens is 244 g/mol. The molecule has 2 rings (SSSR count). The molecule has 5 N–H and O–H groups in total. The maximum atomic E-state index is 9.11. The number of nitrogen functional groups attached to an aromatic ring is 1. The molecule has 6 nitrogen and oxygen atoms in total. The fraction of sp³-hybridized carbons (Fsp3) is 0.538. The number of nitrogens with zero attached hydrogens (tertiary/aromatic N) is 2. The van der Waals surface area contributed by atoms with Gasteiger partial charge in [0.15, 0.2) is 0 Å². The van der Waals surface area contributed by atoms with Gasteiger partial charge < -0.3 is 20.8 Å². The molecule has 1 heterocycles. The highest BCUT2D eigenvalue weighted by Gasteiger charge is 2.20. The first-order chi connectivity index (χ1) is 9.17. The number of amidine groups is 1. The minimum absolute atomic E-state index is 0.0296. The number of hydrogen-bond donors (Lipinski definition) is 4. The molecule has 0 aromatic carbocycles. The summed E-state index contributed by atoms with van der Waals surface area (Å²) in [4.78, 5) is 6.37. The van der Waals surface area contributed by atoms with Crippen molar-refractivity contribution in [2.45, 2.75) is 19.3 Å². The third-order valence-electron chi connectivity index (χ3n) is 3.36. The van der Waals surface area contributed by atoms with E-state index < -0.39 is 0 Å². The Hall–Kier alpha value is -1.66. The first-order valence-corrected chi connectivity index (χ1v) is 6.51. The summed E-state index contributed by atoms with van der Waals surface area (Å²) in [6.07, 6.45) is 2.98. The van der Waals surface area contributed by atoms with Gasteiger partial charge in [0.1, 0.15) is 11.7 Å². The lowest BCUT2D eigenvalue weighted by Gasteiger charge is -2.25. The number of nitrogens with one attached hydrogen (secondary N) is 1. The van der Waals surface area contributed by atoms with Crippen LogP contribution in [0.2, 0.25) is 0 Å². The van der Waals surface area contributed by atoms with Crippen molar-refractivity contribution in [3.05, 3.63) is 22.9 Å². The molecule has 1 aromatic heterocycles. The van der Waals surface area contributed by atoms with Gasteiger partial charge in [-0.05, 0) is 30.9 Å². The number of nitrogens with two attached hydrogens (primary N) is 1. The predicted octanol–water partition coefficient (Wildman–Crippen LogP) is -0.355. The zero-order chi connectivity index (χ0) is 13.8. The van der Waals surface area contributed by atoms with E-state index in [9.17, 15) is 0 Å². The lowest BCUT2D eigenvalue weighted by atomic mass is 10.1. The summed E-state index contributed by atoms with van der Waals surface area (Å²) in [5.74, 6) is 0.564. The van der Waals surface area contributed by atoms with E-state index in [1.54, 1.807) is 4.90 Å². The van der Waals surface area contributed by atoms with E-state index in [1.807, 2.05) is 6.07 Å². The molecule has 104 valence electrons. The van der Waals surface area contributed by atoms with Crippen LogP contribution in [0, 0.1) is 5.41 Å². The van der Waals surface area contributed by atoms with Crippen LogP contribution >= 0.6 is 0 Å². The van der Waals surface area contributed by atoms with Crippen LogP contribution in [-0.2, 0) is 12.8 Å². The van der Waals surface area contributed by atoms with E-state index >= 15 is 0 Å². The number of aromatic nitrogens is 1. The second-order valence-electron chi connectivity index (χ2n) is 4.67. The molecule has 0 amide bonds. The van der Waals surface area contributed by atoms with Crippen LogP contribution in [0.25, 0.3) is 0 Å². The van der Waals surface area contributed by atoms with Gasteiger partial charge in [-0.15, -0.1) is 0 Å². The molecule has 1 aromatic rings. The molecule has 0 aliphatic heterocycles. The van der Waals surface area contributed by atoms with Gasteiger partial charge in [-0.1, -0.05) is 0 Å². The van der Waals surface area contributed by atoms with Crippen molar-refractivity contribution in [1.82, 2.24) is 4.98 Å². The molecule has 0 spiro atoms. The van der Waals surface area contributed by atoms with Gasteiger partial charge in [-0.25, -0.2) is 4.98 Å². The molecular formula is C13H20N4O2. The van der Waals surface area contributed by atoms with Crippen LogP contribution in [0.5, 0.6) is 0 Å². The number of aliphatic hydroxyl groups is 2. The van der Waals surface area contributed by atoms with Crippen molar-refractivity contribution in [2.24, 2.45) is 5.73 Å². The van der Waals surface area contributed by atoms with E-state index in [2.05, 4.69) is 4.98 Å². The Morgan fingerprint density at radius 2 is 2.00 bits per heavy atom. The molecule has 0 saturated heterocycles. The molecule has 1 aliphatic carbocycles. The highest BCUT2D eigenvalue weighted by molar-refractivity contribution is 6.00. The Morgan fingerprint density at radius 3 is 2.58 bits per heavy atom. The number of anilines is 1. The Labute approximate surface area is 112 Å². The quantitative estimate of drug-likeness (QED) is 0.415. The summed E-state index contributed by atoms with van der Waals surface area (Å²) in [5, 5.41) is 25.9. The summed E-state index contributed by atoms with van der Waals surface area (Å²) in [5.41, 5.74) is 8.41. The average Bonchev–Trinajstić information content (AvgIpc) is 2.84. The van der Waals surface area contributed by atoms with Crippen LogP contribution in [0.4, 0.5) is 5.82 Å². The first-order valence-electron chi connectivity index (χ1n) is 6.51. The summed E-state index contributed by atoms with van der Waals surface area (Å²) >= 11 is 0. The molecule has 6 heteroatoms. The molecule has 0 atom stereocenters. The summed E-state index contributed by atoms with van der Waals surface area (Å²) < 4.78 is 0. The lowest BCUT2D eigenvalue weighted by molar-refractivity contribution is 0.280. The van der Waals surface area contributed by atoms with Crippen molar-refractivity contribution < 1.29 is 10.2 Å². The number of fused-ring (bicyclic) bond motifs is 1. The third-order valence-corrected chi connectivity index (χ3v) is 3.36. The molecule has 0 unspecified atom stereocenters. The summed E-state index contributed by atoms with van der Waals surface area (Å²) in [6.45, 7) is 0.672. The maximum Gasteiger partial charge on any atom is 0.140 e. The van der Waals surface area contributed by atoms with Crippen LogP contribution in [0.1, 0.15) is 23.2 Å². The molecule has 0 saturated carbocycles. The van der Waals surface area contributed by atoms with Gasteiger partial charge in [0.2, 0.25) is 0 Å². The zero-order valence-electron chi connectivity index (χ0n) is 10.9. The lowest BCUT2D eigenvalue weighted by Crippen LogP contribution is -2.33. The van der Waals surface area contributed by atoms with Crippen molar-refractivity contribution in [3.63, 3.8) is 0 Å². The number of aryl methyl sites for hydroxylation is 2. The predicted molar refractivity (Wildman–Crippen MR) is 73.7 cm³/mol. The van der Waals surface area contributed by atoms with Gasteiger partial charge in [0.05, 0.1) is 18.8 Å². The minimum Gasteiger partial charge on any atom is -0.395 e. The Morgan fingerprint density at radius 1 is 1.32 bits per heavy atom. The highest BCUT2D eigenvalue weighted by atomic mass is 16.3. The fourth-order valence-electron chi connectivity index (χ4n) is 2.47. The minimum atomic E-state index is -0.0316.